The van der Waals surface area contributed by atoms with Crippen molar-refractivity contribution >= 4 is 66.9 Å². The summed E-state index contributed by atoms with van der Waals surface area (Å²) in [6, 6.07) is 12.6. The first-order valence-corrected chi connectivity index (χ1v) is 13.1. The summed E-state index contributed by atoms with van der Waals surface area (Å²) in [6.45, 7) is 1.48. The van der Waals surface area contributed by atoms with E-state index >= 15 is 0 Å². The second kappa shape index (κ2) is 9.49. The summed E-state index contributed by atoms with van der Waals surface area (Å²) in [6.07, 6.45) is 0.0567. The number of aromatic nitrogens is 1. The van der Waals surface area contributed by atoms with Crippen LogP contribution in [0.4, 0.5) is 11.4 Å². The molecule has 8 nitrogen and oxygen atoms in total. The molecule has 34 heavy (non-hydrogen) atoms. The Hall–Kier alpha value is -3.34. The predicted octanol–water partition coefficient (Wildman–Crippen LogP) is 4.82. The molecule has 0 spiro atoms. The molecule has 4 aromatic rings. The molecule has 2 aromatic carbocycles. The van der Waals surface area contributed by atoms with Crippen LogP contribution >= 0.6 is 22.9 Å². The molecule has 0 aliphatic carbocycles. The topological polar surface area (TPSA) is 128 Å². The first-order chi connectivity index (χ1) is 16.2. The Balaban J connectivity index is 1.67. The van der Waals surface area contributed by atoms with Crippen molar-refractivity contribution in [1.29, 1.82) is 0 Å². The first kappa shape index (κ1) is 23.8. The molecule has 2 aromatic heterocycles. The number of phenolic OH excluding ortho intramolecular Hbond substituents is 1. The first-order valence-electron chi connectivity index (χ1n) is 10.2. The van der Waals surface area contributed by atoms with Gasteiger partial charge in [0, 0.05) is 20.8 Å². The van der Waals surface area contributed by atoms with Crippen molar-refractivity contribution in [2.75, 3.05) is 16.4 Å². The van der Waals surface area contributed by atoms with E-state index in [4.69, 9.17) is 11.6 Å². The number of nitrogens with one attached hydrogen (secondary N) is 3. The fourth-order valence-electron chi connectivity index (χ4n) is 3.33. The largest absolute Gasteiger partial charge is 0.504 e. The Morgan fingerprint density at radius 2 is 1.82 bits per heavy atom. The van der Waals surface area contributed by atoms with Gasteiger partial charge in [-0.05, 0) is 47.8 Å². The molecule has 0 bridgehead atoms. The van der Waals surface area contributed by atoms with Gasteiger partial charge in [0.15, 0.2) is 15.6 Å². The van der Waals surface area contributed by atoms with Gasteiger partial charge >= 0.3 is 0 Å². The number of amides is 2. The molecular formula is C23H20ClN3O5S2. The Morgan fingerprint density at radius 3 is 2.50 bits per heavy atom. The van der Waals surface area contributed by atoms with Gasteiger partial charge < -0.3 is 20.7 Å². The van der Waals surface area contributed by atoms with Crippen LogP contribution in [-0.2, 0) is 21.1 Å². The number of carbonyl (C=O) groups excluding carboxylic acids is 2. The van der Waals surface area contributed by atoms with Gasteiger partial charge in [-0.15, -0.1) is 11.3 Å². The minimum atomic E-state index is -3.71. The van der Waals surface area contributed by atoms with Crippen LogP contribution in [0.3, 0.4) is 0 Å². The van der Waals surface area contributed by atoms with E-state index in [1.54, 1.807) is 30.3 Å². The van der Waals surface area contributed by atoms with Gasteiger partial charge in [0.05, 0.1) is 28.4 Å². The van der Waals surface area contributed by atoms with Crippen LogP contribution in [0, 0.1) is 0 Å². The molecule has 0 aliphatic heterocycles. The normalized spacial score (nSPS) is 11.5. The molecule has 176 valence electrons. The van der Waals surface area contributed by atoms with Gasteiger partial charge in [0.1, 0.15) is 5.69 Å². The highest BCUT2D eigenvalue weighted by molar-refractivity contribution is 7.91. The standard InChI is InChI=1S/C23H20ClN3O5S2/c1-2-34(31,32)16-11-18(26-21(28)10-15-4-3-7-33-15)22(29)19(12-16)27-23(30)20-9-13-8-14(24)5-6-17(13)25-20/h3-9,11-12,25,29H,2,10H2,1H3,(H,26,28)(H,27,30). The van der Waals surface area contributed by atoms with Crippen LogP contribution in [0.1, 0.15) is 22.3 Å². The zero-order valence-electron chi connectivity index (χ0n) is 17.9. The number of aromatic hydroxyl groups is 1. The molecule has 0 unspecified atom stereocenters. The molecule has 0 saturated heterocycles. The van der Waals surface area contributed by atoms with Gasteiger partial charge in [-0.3, -0.25) is 9.59 Å². The van der Waals surface area contributed by atoms with E-state index in [9.17, 15) is 23.1 Å². The summed E-state index contributed by atoms with van der Waals surface area (Å²) < 4.78 is 25.1. The lowest BCUT2D eigenvalue weighted by Gasteiger charge is -2.14. The third-order valence-corrected chi connectivity index (χ3v) is 7.91. The molecule has 4 N–H and O–H groups in total. The molecule has 2 heterocycles. The van der Waals surface area contributed by atoms with Crippen LogP contribution in [0.25, 0.3) is 10.9 Å². The summed E-state index contributed by atoms with van der Waals surface area (Å²) in [4.78, 5) is 29.0. The van der Waals surface area contributed by atoms with E-state index in [-0.39, 0.29) is 34.1 Å². The lowest BCUT2D eigenvalue weighted by atomic mass is 10.2. The highest BCUT2D eigenvalue weighted by atomic mass is 35.5. The van der Waals surface area contributed by atoms with Crippen LogP contribution in [0.5, 0.6) is 5.75 Å². The van der Waals surface area contributed by atoms with Crippen LogP contribution in [0.15, 0.2) is 58.8 Å². The minimum absolute atomic E-state index is 0.0567. The monoisotopic (exact) mass is 517 g/mol. The zero-order valence-corrected chi connectivity index (χ0v) is 20.3. The molecule has 0 aliphatic rings. The summed E-state index contributed by atoms with van der Waals surface area (Å²) in [5.74, 6) is -1.70. The number of phenols is 1. The molecule has 0 fully saturated rings. The number of hydrogen-bond acceptors (Lipinski definition) is 6. The molecule has 0 saturated carbocycles. The molecular weight excluding hydrogens is 498 g/mol. The lowest BCUT2D eigenvalue weighted by Crippen LogP contribution is -2.17. The summed E-state index contributed by atoms with van der Waals surface area (Å²) in [7, 11) is -3.71. The number of anilines is 2. The van der Waals surface area contributed by atoms with Gasteiger partial charge in [-0.25, -0.2) is 8.42 Å². The number of rotatable bonds is 7. The number of thiophene rings is 1. The maximum atomic E-state index is 12.9. The number of fused-ring (bicyclic) bond motifs is 1. The summed E-state index contributed by atoms with van der Waals surface area (Å²) in [5, 5.41) is 18.9. The SMILES string of the molecule is CCS(=O)(=O)c1cc(NC(=O)Cc2cccs2)c(O)c(NC(=O)c2cc3cc(Cl)ccc3[nH]2)c1. The predicted molar refractivity (Wildman–Crippen MR) is 134 cm³/mol. The molecule has 4 rings (SSSR count). The number of benzene rings is 2. The van der Waals surface area contributed by atoms with Crippen molar-refractivity contribution in [3.05, 3.63) is 69.5 Å². The fourth-order valence-corrected chi connectivity index (χ4v) is 5.14. The number of hydrogen-bond donors (Lipinski definition) is 4. The number of sulfone groups is 1. The third kappa shape index (κ3) is 5.09. The number of carbonyl (C=O) groups is 2. The quantitative estimate of drug-likeness (QED) is 0.261. The van der Waals surface area contributed by atoms with Crippen molar-refractivity contribution in [2.45, 2.75) is 18.2 Å². The van der Waals surface area contributed by atoms with Crippen LogP contribution in [-0.4, -0.2) is 36.1 Å². The van der Waals surface area contributed by atoms with E-state index in [2.05, 4.69) is 15.6 Å². The van der Waals surface area contributed by atoms with Gasteiger partial charge in [-0.1, -0.05) is 24.6 Å². The minimum Gasteiger partial charge on any atom is -0.504 e. The maximum absolute atomic E-state index is 12.9. The Bertz CT molecular complexity index is 1490. The second-order valence-electron chi connectivity index (χ2n) is 7.44. The van der Waals surface area contributed by atoms with E-state index in [0.717, 1.165) is 4.88 Å². The Morgan fingerprint density at radius 1 is 1.09 bits per heavy atom. The van der Waals surface area contributed by atoms with Crippen molar-refractivity contribution in [3.63, 3.8) is 0 Å². The van der Waals surface area contributed by atoms with Gasteiger partial charge in [-0.2, -0.15) is 0 Å². The molecule has 2 amide bonds. The van der Waals surface area contributed by atoms with Crippen LogP contribution < -0.4 is 10.6 Å². The van der Waals surface area contributed by atoms with Crippen molar-refractivity contribution in [1.82, 2.24) is 4.98 Å². The highest BCUT2D eigenvalue weighted by Gasteiger charge is 2.21. The average Bonchev–Trinajstić information content (AvgIpc) is 3.45. The van der Waals surface area contributed by atoms with Gasteiger partial charge in [0.2, 0.25) is 5.91 Å². The maximum Gasteiger partial charge on any atom is 0.272 e. The van der Waals surface area contributed by atoms with Crippen molar-refractivity contribution in [3.8, 4) is 5.75 Å². The van der Waals surface area contributed by atoms with Gasteiger partial charge in [0.25, 0.3) is 5.91 Å². The Kier molecular flexibility index (Phi) is 6.65. The van der Waals surface area contributed by atoms with E-state index < -0.39 is 27.4 Å². The highest BCUT2D eigenvalue weighted by Crippen LogP contribution is 2.36. The average molecular weight is 518 g/mol. The number of aromatic amines is 1. The van der Waals surface area contributed by atoms with E-state index in [0.29, 0.717) is 15.9 Å². The molecule has 11 heteroatoms. The third-order valence-electron chi connectivity index (χ3n) is 5.09. The Labute approximate surface area is 204 Å². The van der Waals surface area contributed by atoms with Crippen LogP contribution in [0.2, 0.25) is 5.02 Å². The number of halogens is 1. The number of H-pyrrole nitrogens is 1. The zero-order chi connectivity index (χ0) is 24.5. The molecule has 0 radical (unpaired) electrons. The van der Waals surface area contributed by atoms with E-state index in [1.165, 1.54) is 30.4 Å². The smallest absolute Gasteiger partial charge is 0.272 e. The lowest BCUT2D eigenvalue weighted by molar-refractivity contribution is -0.115. The van der Waals surface area contributed by atoms with E-state index in [1.807, 2.05) is 11.4 Å². The summed E-state index contributed by atoms with van der Waals surface area (Å²) in [5.41, 5.74) is 0.601. The summed E-state index contributed by atoms with van der Waals surface area (Å²) >= 11 is 7.40. The fraction of sp³-hybridized carbons (Fsp3) is 0.130. The second-order valence-corrected chi connectivity index (χ2v) is 11.2. The molecule has 0 atom stereocenters. The van der Waals surface area contributed by atoms with Crippen molar-refractivity contribution < 1.29 is 23.1 Å². The van der Waals surface area contributed by atoms with Crippen molar-refractivity contribution in [2.24, 2.45) is 0 Å².